The molecule has 1 N–H and O–H groups in total. The van der Waals surface area contributed by atoms with Crippen LogP contribution in [0.4, 0.5) is 4.39 Å². The zero-order chi connectivity index (χ0) is 16.7. The number of carbonyl (C=O) groups is 1. The molecule has 0 fully saturated rings. The van der Waals surface area contributed by atoms with E-state index >= 15 is 0 Å². The summed E-state index contributed by atoms with van der Waals surface area (Å²) in [5, 5.41) is 7.20. The van der Waals surface area contributed by atoms with Gasteiger partial charge in [-0.15, -0.1) is 0 Å². The van der Waals surface area contributed by atoms with Gasteiger partial charge in [-0.05, 0) is 30.3 Å². The normalized spacial score (nSPS) is 13.5. The van der Waals surface area contributed by atoms with Crippen molar-refractivity contribution in [2.45, 2.75) is 6.54 Å². The lowest BCUT2D eigenvalue weighted by molar-refractivity contribution is 0.0924. The molecule has 4 rings (SSSR count). The van der Waals surface area contributed by atoms with Crippen LogP contribution in [0.15, 0.2) is 41.0 Å². The first-order valence-electron chi connectivity index (χ1n) is 7.27. The van der Waals surface area contributed by atoms with E-state index in [1.54, 1.807) is 29.1 Å². The average Bonchev–Trinajstić information content (AvgIpc) is 3.03. The second kappa shape index (κ2) is 5.79. The third-order valence-electron chi connectivity index (χ3n) is 3.71. The van der Waals surface area contributed by atoms with E-state index in [0.717, 1.165) is 0 Å². The first-order valence-corrected chi connectivity index (χ1v) is 8.06. The Bertz CT molecular complexity index is 955. The summed E-state index contributed by atoms with van der Waals surface area (Å²) in [6, 6.07) is 7.75. The van der Waals surface area contributed by atoms with Crippen molar-refractivity contribution in [3.63, 3.8) is 0 Å². The van der Waals surface area contributed by atoms with E-state index in [0.29, 0.717) is 46.0 Å². The molecule has 0 saturated heterocycles. The molecule has 0 radical (unpaired) electrons. The van der Waals surface area contributed by atoms with Gasteiger partial charge in [-0.25, -0.2) is 14.4 Å². The number of amides is 1. The Kier molecular flexibility index (Phi) is 3.61. The molecular weight excluding hydrogens is 377 g/mol. The summed E-state index contributed by atoms with van der Waals surface area (Å²) < 4.78 is 15.9. The summed E-state index contributed by atoms with van der Waals surface area (Å²) in [4.78, 5) is 20.5. The second-order valence-corrected chi connectivity index (χ2v) is 6.14. The van der Waals surface area contributed by atoms with E-state index in [4.69, 9.17) is 0 Å². The van der Waals surface area contributed by atoms with Crippen LogP contribution in [0.25, 0.3) is 22.8 Å². The second-order valence-electron chi connectivity index (χ2n) is 5.28. The Morgan fingerprint density at radius 3 is 2.92 bits per heavy atom. The van der Waals surface area contributed by atoms with E-state index in [1.165, 1.54) is 12.1 Å². The van der Waals surface area contributed by atoms with Crippen LogP contribution in [0.1, 0.15) is 10.5 Å². The molecule has 24 heavy (non-hydrogen) atoms. The SMILES string of the molecule is O=C1NCCn2nc(-c3ccnc(-c4cc(F)ccc4Br)n3)cc21. The zero-order valence-corrected chi connectivity index (χ0v) is 13.9. The first-order chi connectivity index (χ1) is 11.6. The van der Waals surface area contributed by atoms with Gasteiger partial charge in [0.2, 0.25) is 0 Å². The highest BCUT2D eigenvalue weighted by Gasteiger charge is 2.20. The summed E-state index contributed by atoms with van der Waals surface area (Å²) in [7, 11) is 0. The van der Waals surface area contributed by atoms with E-state index in [1.807, 2.05) is 0 Å². The number of carbonyl (C=O) groups excluding carboxylic acids is 1. The summed E-state index contributed by atoms with van der Waals surface area (Å²) >= 11 is 3.38. The molecule has 2 aromatic heterocycles. The van der Waals surface area contributed by atoms with Gasteiger partial charge < -0.3 is 5.32 Å². The highest BCUT2D eigenvalue weighted by molar-refractivity contribution is 9.10. The van der Waals surface area contributed by atoms with Crippen molar-refractivity contribution in [3.8, 4) is 22.8 Å². The number of hydrogen-bond acceptors (Lipinski definition) is 4. The number of nitrogens with one attached hydrogen (secondary N) is 1. The Morgan fingerprint density at radius 1 is 1.21 bits per heavy atom. The van der Waals surface area contributed by atoms with Crippen LogP contribution in [0.3, 0.4) is 0 Å². The Labute approximate surface area is 144 Å². The maximum absolute atomic E-state index is 13.5. The molecule has 1 aromatic carbocycles. The minimum absolute atomic E-state index is 0.151. The predicted octanol–water partition coefficient (Wildman–Crippen LogP) is 2.65. The van der Waals surface area contributed by atoms with Crippen molar-refractivity contribution in [2.75, 3.05) is 6.54 Å². The van der Waals surface area contributed by atoms with Gasteiger partial charge in [-0.2, -0.15) is 5.10 Å². The van der Waals surface area contributed by atoms with Gasteiger partial charge in [0.15, 0.2) is 5.82 Å². The number of halogens is 2. The standard InChI is InChI=1S/C16H11BrFN5O/c17-11-2-1-9(18)7-10(11)15-19-4-3-12(21-15)13-8-14-16(24)20-5-6-23(14)22-13/h1-4,7-8H,5-6H2,(H,20,24). The molecule has 8 heteroatoms. The number of aromatic nitrogens is 4. The topological polar surface area (TPSA) is 72.7 Å². The molecule has 0 atom stereocenters. The lowest BCUT2D eigenvalue weighted by Crippen LogP contribution is -2.35. The van der Waals surface area contributed by atoms with Crippen molar-refractivity contribution < 1.29 is 9.18 Å². The minimum Gasteiger partial charge on any atom is -0.349 e. The van der Waals surface area contributed by atoms with Crippen molar-refractivity contribution in [1.82, 2.24) is 25.1 Å². The van der Waals surface area contributed by atoms with E-state index < -0.39 is 0 Å². The summed E-state index contributed by atoms with van der Waals surface area (Å²) in [5.41, 5.74) is 2.21. The maximum Gasteiger partial charge on any atom is 0.269 e. The van der Waals surface area contributed by atoms with Gasteiger partial charge in [0, 0.05) is 22.8 Å². The Balaban J connectivity index is 1.78. The molecule has 1 aliphatic rings. The fourth-order valence-corrected chi connectivity index (χ4v) is 2.98. The smallest absolute Gasteiger partial charge is 0.269 e. The molecular formula is C16H11BrFN5O. The van der Waals surface area contributed by atoms with Crippen LogP contribution in [-0.4, -0.2) is 32.2 Å². The van der Waals surface area contributed by atoms with Gasteiger partial charge >= 0.3 is 0 Å². The van der Waals surface area contributed by atoms with E-state index in [2.05, 4.69) is 36.3 Å². The molecule has 6 nitrogen and oxygen atoms in total. The van der Waals surface area contributed by atoms with Crippen LogP contribution in [-0.2, 0) is 6.54 Å². The maximum atomic E-state index is 13.5. The molecule has 1 aliphatic heterocycles. The van der Waals surface area contributed by atoms with Crippen molar-refractivity contribution in [2.24, 2.45) is 0 Å². The van der Waals surface area contributed by atoms with Crippen LogP contribution in [0.5, 0.6) is 0 Å². The summed E-state index contributed by atoms with van der Waals surface area (Å²) in [6.07, 6.45) is 1.59. The Hall–Kier alpha value is -2.61. The summed E-state index contributed by atoms with van der Waals surface area (Å²) in [6.45, 7) is 1.17. The lowest BCUT2D eigenvalue weighted by atomic mass is 10.2. The number of rotatable bonds is 2. The molecule has 0 saturated carbocycles. The molecule has 3 heterocycles. The van der Waals surface area contributed by atoms with Crippen molar-refractivity contribution in [1.29, 1.82) is 0 Å². The molecule has 0 aliphatic carbocycles. The van der Waals surface area contributed by atoms with Crippen molar-refractivity contribution >= 4 is 21.8 Å². The number of benzene rings is 1. The van der Waals surface area contributed by atoms with Crippen LogP contribution in [0, 0.1) is 5.82 Å². The Morgan fingerprint density at radius 2 is 2.08 bits per heavy atom. The lowest BCUT2D eigenvalue weighted by Gasteiger charge is -2.13. The van der Waals surface area contributed by atoms with Crippen LogP contribution in [0.2, 0.25) is 0 Å². The number of hydrogen-bond donors (Lipinski definition) is 1. The van der Waals surface area contributed by atoms with E-state index in [9.17, 15) is 9.18 Å². The van der Waals surface area contributed by atoms with Gasteiger partial charge in [-0.1, -0.05) is 15.9 Å². The third-order valence-corrected chi connectivity index (χ3v) is 4.40. The quantitative estimate of drug-likeness (QED) is 0.733. The van der Waals surface area contributed by atoms with Gasteiger partial charge in [0.1, 0.15) is 17.2 Å². The predicted molar refractivity (Wildman–Crippen MR) is 88.7 cm³/mol. The van der Waals surface area contributed by atoms with Gasteiger partial charge in [0.05, 0.1) is 12.2 Å². The van der Waals surface area contributed by atoms with E-state index in [-0.39, 0.29) is 11.7 Å². The van der Waals surface area contributed by atoms with Crippen LogP contribution < -0.4 is 5.32 Å². The molecule has 0 bridgehead atoms. The molecule has 0 spiro atoms. The fourth-order valence-electron chi connectivity index (χ4n) is 2.56. The minimum atomic E-state index is -0.365. The van der Waals surface area contributed by atoms with Crippen LogP contribution >= 0.6 is 15.9 Å². The zero-order valence-electron chi connectivity index (χ0n) is 12.3. The number of fused-ring (bicyclic) bond motifs is 1. The molecule has 120 valence electrons. The van der Waals surface area contributed by atoms with Crippen molar-refractivity contribution in [3.05, 3.63) is 52.5 Å². The largest absolute Gasteiger partial charge is 0.349 e. The molecule has 3 aromatic rings. The third kappa shape index (κ3) is 2.58. The molecule has 1 amide bonds. The highest BCUT2D eigenvalue weighted by atomic mass is 79.9. The van der Waals surface area contributed by atoms with Gasteiger partial charge in [-0.3, -0.25) is 9.48 Å². The summed E-state index contributed by atoms with van der Waals surface area (Å²) in [5.74, 6) is -0.132. The first kappa shape index (κ1) is 14.9. The molecule has 0 unspecified atom stereocenters. The average molecular weight is 388 g/mol. The number of nitrogens with zero attached hydrogens (tertiary/aromatic N) is 4. The fraction of sp³-hybridized carbons (Fsp3) is 0.125. The monoisotopic (exact) mass is 387 g/mol. The van der Waals surface area contributed by atoms with Gasteiger partial charge in [0.25, 0.3) is 5.91 Å². The highest BCUT2D eigenvalue weighted by Crippen LogP contribution is 2.28.